The van der Waals surface area contributed by atoms with Gasteiger partial charge in [-0.3, -0.25) is 14.5 Å². The van der Waals surface area contributed by atoms with Crippen molar-refractivity contribution in [3.8, 4) is 5.75 Å². The minimum atomic E-state index is -0.558. The van der Waals surface area contributed by atoms with Gasteiger partial charge in [-0.2, -0.15) is 5.10 Å². The van der Waals surface area contributed by atoms with Gasteiger partial charge >= 0.3 is 0 Å². The Balaban J connectivity index is 1.70. The van der Waals surface area contributed by atoms with Crippen LogP contribution >= 0.6 is 0 Å². The van der Waals surface area contributed by atoms with Crippen LogP contribution in [0.4, 0.5) is 14.5 Å². The summed E-state index contributed by atoms with van der Waals surface area (Å²) in [6, 6.07) is 9.38. The first-order valence-corrected chi connectivity index (χ1v) is 7.76. The zero-order chi connectivity index (χ0) is 18.7. The second-order valence-corrected chi connectivity index (χ2v) is 5.62. The molecule has 26 heavy (non-hydrogen) atoms. The Kier molecular flexibility index (Phi) is 4.92. The molecule has 0 aromatic heterocycles. The van der Waals surface area contributed by atoms with Gasteiger partial charge in [0, 0.05) is 6.07 Å². The minimum absolute atomic E-state index is 0.190. The number of ether oxygens (including phenoxy) is 1. The molecule has 134 valence electrons. The third kappa shape index (κ3) is 3.85. The van der Waals surface area contributed by atoms with Gasteiger partial charge in [0.15, 0.2) is 6.61 Å². The van der Waals surface area contributed by atoms with Crippen molar-refractivity contribution in [3.63, 3.8) is 0 Å². The number of carbonyl (C=O) groups excluding carboxylic acids is 2. The number of hydrogen-bond acceptors (Lipinski definition) is 4. The van der Waals surface area contributed by atoms with Crippen LogP contribution in [0.3, 0.4) is 0 Å². The number of hydrogen-bond donors (Lipinski definition) is 1. The lowest BCUT2D eigenvalue weighted by Gasteiger charge is -2.28. The Bertz CT molecular complexity index is 882. The van der Waals surface area contributed by atoms with Crippen LogP contribution in [0.1, 0.15) is 12.5 Å². The van der Waals surface area contributed by atoms with Gasteiger partial charge in [0.25, 0.3) is 11.8 Å². The van der Waals surface area contributed by atoms with Crippen LogP contribution in [0.2, 0.25) is 0 Å². The Labute approximate surface area is 148 Å². The molecule has 1 aliphatic heterocycles. The van der Waals surface area contributed by atoms with Crippen molar-refractivity contribution < 1.29 is 23.1 Å². The average Bonchev–Trinajstić information content (AvgIpc) is 2.63. The van der Waals surface area contributed by atoms with E-state index >= 15 is 0 Å². The van der Waals surface area contributed by atoms with Crippen molar-refractivity contribution in [2.45, 2.75) is 6.92 Å². The summed E-state index contributed by atoms with van der Waals surface area (Å²) >= 11 is 0. The smallest absolute Gasteiger partial charge is 0.265 e. The molecule has 6 nitrogen and oxygen atoms in total. The van der Waals surface area contributed by atoms with E-state index in [4.69, 9.17) is 4.74 Å². The molecule has 1 aliphatic rings. The molecule has 3 rings (SSSR count). The minimum Gasteiger partial charge on any atom is -0.482 e. The first-order valence-electron chi connectivity index (χ1n) is 7.76. The van der Waals surface area contributed by atoms with Gasteiger partial charge in [0.1, 0.15) is 23.9 Å². The van der Waals surface area contributed by atoms with Gasteiger partial charge in [-0.05, 0) is 36.8 Å². The number of nitrogens with zero attached hydrogens (tertiary/aromatic N) is 2. The quantitative estimate of drug-likeness (QED) is 0.672. The van der Waals surface area contributed by atoms with Gasteiger partial charge in [-0.15, -0.1) is 0 Å². The summed E-state index contributed by atoms with van der Waals surface area (Å²) in [4.78, 5) is 25.3. The maximum atomic E-state index is 13.5. The van der Waals surface area contributed by atoms with Crippen molar-refractivity contribution >= 4 is 23.2 Å². The summed E-state index contributed by atoms with van der Waals surface area (Å²) in [7, 11) is 0. The van der Waals surface area contributed by atoms with Crippen LogP contribution < -0.4 is 15.1 Å². The number of nitrogens with one attached hydrogen (secondary N) is 1. The molecule has 0 atom stereocenters. The van der Waals surface area contributed by atoms with Crippen LogP contribution in [0.5, 0.6) is 5.75 Å². The van der Waals surface area contributed by atoms with E-state index in [1.165, 1.54) is 36.4 Å². The number of carbonyl (C=O) groups is 2. The lowest BCUT2D eigenvalue weighted by atomic mass is 10.1. The second-order valence-electron chi connectivity index (χ2n) is 5.62. The van der Waals surface area contributed by atoms with E-state index in [-0.39, 0.29) is 24.7 Å². The number of anilines is 1. The zero-order valence-corrected chi connectivity index (χ0v) is 13.8. The Morgan fingerprint density at radius 1 is 1.19 bits per heavy atom. The predicted octanol–water partition coefficient (Wildman–Crippen LogP) is 2.23. The standard InChI is InChI=1S/C18H15F2N3O3/c1-11(12-2-4-13(19)5-3-12)21-22-17(24)9-23-15-8-14(20)6-7-16(15)26-10-18(23)25/h2-8H,9-10H2,1H3,(H,22,24)/b21-11+. The Morgan fingerprint density at radius 3 is 2.62 bits per heavy atom. The van der Waals surface area contributed by atoms with E-state index in [0.29, 0.717) is 17.0 Å². The van der Waals surface area contributed by atoms with E-state index in [1.807, 2.05) is 0 Å². The topological polar surface area (TPSA) is 71.0 Å². The monoisotopic (exact) mass is 359 g/mol. The molecule has 0 fully saturated rings. The molecule has 0 spiro atoms. The molecule has 1 heterocycles. The molecule has 1 N–H and O–H groups in total. The van der Waals surface area contributed by atoms with Crippen LogP contribution in [-0.4, -0.2) is 30.7 Å². The molecule has 0 saturated heterocycles. The van der Waals surface area contributed by atoms with E-state index in [2.05, 4.69) is 10.5 Å². The third-order valence-corrected chi connectivity index (χ3v) is 3.78. The van der Waals surface area contributed by atoms with Crippen molar-refractivity contribution in [3.05, 3.63) is 59.7 Å². The molecule has 0 saturated carbocycles. The summed E-state index contributed by atoms with van der Waals surface area (Å²) in [5, 5.41) is 3.94. The normalized spacial score (nSPS) is 13.9. The van der Waals surface area contributed by atoms with E-state index in [9.17, 15) is 18.4 Å². The van der Waals surface area contributed by atoms with Crippen molar-refractivity contribution in [1.82, 2.24) is 5.43 Å². The summed E-state index contributed by atoms with van der Waals surface area (Å²) < 4.78 is 31.6. The predicted molar refractivity (Wildman–Crippen MR) is 91.0 cm³/mol. The summed E-state index contributed by atoms with van der Waals surface area (Å²) in [5.41, 5.74) is 3.64. The van der Waals surface area contributed by atoms with Crippen LogP contribution in [0, 0.1) is 11.6 Å². The summed E-state index contributed by atoms with van der Waals surface area (Å²) in [6.45, 7) is 1.08. The largest absolute Gasteiger partial charge is 0.482 e. The molecule has 2 aromatic carbocycles. The number of benzene rings is 2. The zero-order valence-electron chi connectivity index (χ0n) is 13.8. The van der Waals surface area contributed by atoms with Crippen molar-refractivity contribution in [2.24, 2.45) is 5.10 Å². The molecule has 2 aromatic rings. The highest BCUT2D eigenvalue weighted by molar-refractivity contribution is 6.03. The number of rotatable bonds is 4. The molecule has 2 amide bonds. The average molecular weight is 359 g/mol. The molecule has 0 unspecified atom stereocenters. The van der Waals surface area contributed by atoms with E-state index in [0.717, 1.165) is 11.0 Å². The third-order valence-electron chi connectivity index (χ3n) is 3.78. The second kappa shape index (κ2) is 7.30. The number of halogens is 2. The maximum Gasteiger partial charge on any atom is 0.265 e. The number of hydrazone groups is 1. The van der Waals surface area contributed by atoms with Gasteiger partial charge < -0.3 is 4.74 Å². The fourth-order valence-electron chi connectivity index (χ4n) is 2.43. The SMILES string of the molecule is C/C(=N\NC(=O)CN1C(=O)COc2ccc(F)cc21)c1ccc(F)cc1. The number of amides is 2. The number of fused-ring (bicyclic) bond motifs is 1. The molecule has 0 bridgehead atoms. The highest BCUT2D eigenvalue weighted by Crippen LogP contribution is 2.32. The maximum absolute atomic E-state index is 13.5. The summed E-state index contributed by atoms with van der Waals surface area (Å²) in [5.74, 6) is -1.61. The first-order chi connectivity index (χ1) is 12.4. The van der Waals surface area contributed by atoms with Crippen molar-refractivity contribution in [2.75, 3.05) is 18.1 Å². The first kappa shape index (κ1) is 17.5. The molecular weight excluding hydrogens is 344 g/mol. The lowest BCUT2D eigenvalue weighted by molar-refractivity contribution is -0.125. The Morgan fingerprint density at radius 2 is 1.88 bits per heavy atom. The van der Waals surface area contributed by atoms with Crippen LogP contribution in [0.25, 0.3) is 0 Å². The van der Waals surface area contributed by atoms with Crippen LogP contribution in [0.15, 0.2) is 47.6 Å². The fraction of sp³-hybridized carbons (Fsp3) is 0.167. The van der Waals surface area contributed by atoms with E-state index in [1.54, 1.807) is 6.92 Å². The fourth-order valence-corrected chi connectivity index (χ4v) is 2.43. The lowest BCUT2D eigenvalue weighted by Crippen LogP contribution is -2.44. The van der Waals surface area contributed by atoms with Gasteiger partial charge in [0.2, 0.25) is 0 Å². The van der Waals surface area contributed by atoms with Gasteiger partial charge in [0.05, 0.1) is 11.4 Å². The Hall–Kier alpha value is -3.29. The highest BCUT2D eigenvalue weighted by atomic mass is 19.1. The summed E-state index contributed by atoms with van der Waals surface area (Å²) in [6.07, 6.45) is 0. The molecule has 8 heteroatoms. The van der Waals surface area contributed by atoms with Crippen molar-refractivity contribution in [1.29, 1.82) is 0 Å². The molecule has 0 radical (unpaired) electrons. The molecule has 0 aliphatic carbocycles. The van der Waals surface area contributed by atoms with E-state index < -0.39 is 17.6 Å². The van der Waals surface area contributed by atoms with Crippen LogP contribution in [-0.2, 0) is 9.59 Å². The highest BCUT2D eigenvalue weighted by Gasteiger charge is 2.27. The van der Waals surface area contributed by atoms with Gasteiger partial charge in [-0.1, -0.05) is 12.1 Å². The van der Waals surface area contributed by atoms with Gasteiger partial charge in [-0.25, -0.2) is 14.2 Å². The molecular formula is C18H15F2N3O3.